The Bertz CT molecular complexity index is 750. The molecular formula is C20H23BrF3NO2. The fraction of sp³-hybridized carbons (Fsp3) is 0.450. The molecule has 0 aliphatic carbocycles. The zero-order chi connectivity index (χ0) is 19.7. The van der Waals surface area contributed by atoms with Gasteiger partial charge in [0.25, 0.3) is 0 Å². The minimum atomic E-state index is -4.79. The topological polar surface area (TPSA) is 38.3 Å². The van der Waals surface area contributed by atoms with Crippen LogP contribution in [0, 0.1) is 0 Å². The SMILES string of the molecule is O=C(NCCCCCCCCOc1ccc2cc(Br)ccc2c1)C(F)(F)F. The van der Waals surface area contributed by atoms with Gasteiger partial charge < -0.3 is 10.1 Å². The molecule has 27 heavy (non-hydrogen) atoms. The van der Waals surface area contributed by atoms with Crippen molar-refractivity contribution >= 4 is 32.6 Å². The lowest BCUT2D eigenvalue weighted by Gasteiger charge is -2.08. The predicted octanol–water partition coefficient (Wildman–Crippen LogP) is 6.00. The molecule has 0 spiro atoms. The van der Waals surface area contributed by atoms with E-state index in [1.807, 2.05) is 35.6 Å². The van der Waals surface area contributed by atoms with E-state index in [-0.39, 0.29) is 6.54 Å². The second-order valence-corrected chi connectivity index (χ2v) is 7.29. The van der Waals surface area contributed by atoms with E-state index in [0.717, 1.165) is 53.1 Å². The van der Waals surface area contributed by atoms with Crippen molar-refractivity contribution in [2.45, 2.75) is 44.7 Å². The Morgan fingerprint density at radius 3 is 2.30 bits per heavy atom. The molecule has 0 fully saturated rings. The Balaban J connectivity index is 1.51. The van der Waals surface area contributed by atoms with Crippen molar-refractivity contribution in [3.8, 4) is 5.75 Å². The summed E-state index contributed by atoms with van der Waals surface area (Å²) in [5.74, 6) is -1.01. The highest BCUT2D eigenvalue weighted by Gasteiger charge is 2.38. The van der Waals surface area contributed by atoms with Crippen molar-refractivity contribution in [3.05, 3.63) is 40.9 Å². The molecule has 2 aromatic rings. The first-order chi connectivity index (χ1) is 12.9. The van der Waals surface area contributed by atoms with Gasteiger partial charge in [0.1, 0.15) is 5.75 Å². The summed E-state index contributed by atoms with van der Waals surface area (Å²) in [6.07, 6.45) is 0.459. The first kappa shape index (κ1) is 21.5. The largest absolute Gasteiger partial charge is 0.494 e. The van der Waals surface area contributed by atoms with Crippen molar-refractivity contribution in [2.24, 2.45) is 0 Å². The number of carbonyl (C=O) groups excluding carboxylic acids is 1. The molecule has 0 bridgehead atoms. The van der Waals surface area contributed by atoms with Crippen LogP contribution in [0.4, 0.5) is 13.2 Å². The van der Waals surface area contributed by atoms with Crippen molar-refractivity contribution in [3.63, 3.8) is 0 Å². The van der Waals surface area contributed by atoms with Gasteiger partial charge in [0.2, 0.25) is 0 Å². The number of benzene rings is 2. The van der Waals surface area contributed by atoms with Crippen LogP contribution in [0.2, 0.25) is 0 Å². The van der Waals surface area contributed by atoms with E-state index in [1.165, 1.54) is 0 Å². The quantitative estimate of drug-likeness (QED) is 0.455. The van der Waals surface area contributed by atoms with E-state index >= 15 is 0 Å². The normalized spacial score (nSPS) is 11.6. The number of fused-ring (bicyclic) bond motifs is 1. The summed E-state index contributed by atoms with van der Waals surface area (Å²) in [6, 6.07) is 12.1. The lowest BCUT2D eigenvalue weighted by molar-refractivity contribution is -0.173. The smallest absolute Gasteiger partial charge is 0.471 e. The number of ether oxygens (including phenoxy) is 1. The number of unbranched alkanes of at least 4 members (excludes halogenated alkanes) is 5. The Morgan fingerprint density at radius 2 is 1.56 bits per heavy atom. The van der Waals surface area contributed by atoms with E-state index < -0.39 is 12.1 Å². The molecule has 0 saturated heterocycles. The number of alkyl halides is 3. The highest BCUT2D eigenvalue weighted by molar-refractivity contribution is 9.10. The van der Waals surface area contributed by atoms with Crippen molar-refractivity contribution in [1.82, 2.24) is 5.32 Å². The predicted molar refractivity (Wildman–Crippen MR) is 104 cm³/mol. The van der Waals surface area contributed by atoms with Crippen LogP contribution in [0.1, 0.15) is 38.5 Å². The number of hydrogen-bond donors (Lipinski definition) is 1. The van der Waals surface area contributed by atoms with Crippen LogP contribution in [0.5, 0.6) is 5.75 Å². The van der Waals surface area contributed by atoms with Crippen LogP contribution >= 0.6 is 15.9 Å². The van der Waals surface area contributed by atoms with E-state index in [1.54, 1.807) is 0 Å². The molecule has 148 valence electrons. The van der Waals surface area contributed by atoms with Crippen molar-refractivity contribution in [2.75, 3.05) is 13.2 Å². The number of amides is 1. The maximum Gasteiger partial charge on any atom is 0.471 e. The van der Waals surface area contributed by atoms with Crippen LogP contribution in [-0.2, 0) is 4.79 Å². The zero-order valence-corrected chi connectivity index (χ0v) is 16.5. The average molecular weight is 446 g/mol. The molecule has 2 aromatic carbocycles. The molecule has 0 aliphatic heterocycles. The molecule has 0 radical (unpaired) electrons. The van der Waals surface area contributed by atoms with Crippen molar-refractivity contribution < 1.29 is 22.7 Å². The molecule has 0 heterocycles. The fourth-order valence-corrected chi connectivity index (χ4v) is 3.09. The molecule has 2 rings (SSSR count). The molecule has 0 atom stereocenters. The number of halogens is 4. The molecule has 0 aliphatic rings. The van der Waals surface area contributed by atoms with E-state index in [4.69, 9.17) is 4.74 Å². The van der Waals surface area contributed by atoms with E-state index in [0.29, 0.717) is 13.0 Å². The van der Waals surface area contributed by atoms with Crippen molar-refractivity contribution in [1.29, 1.82) is 0 Å². The molecule has 0 aromatic heterocycles. The Labute approximate surface area is 165 Å². The molecular weight excluding hydrogens is 423 g/mol. The summed E-state index contributed by atoms with van der Waals surface area (Å²) in [5.41, 5.74) is 0. The summed E-state index contributed by atoms with van der Waals surface area (Å²) in [4.78, 5) is 10.6. The van der Waals surface area contributed by atoms with Gasteiger partial charge in [0.05, 0.1) is 6.61 Å². The summed E-state index contributed by atoms with van der Waals surface area (Å²) in [7, 11) is 0. The van der Waals surface area contributed by atoms with Crippen LogP contribution in [-0.4, -0.2) is 25.2 Å². The van der Waals surface area contributed by atoms with Crippen LogP contribution in [0.25, 0.3) is 10.8 Å². The van der Waals surface area contributed by atoms with Crippen LogP contribution < -0.4 is 10.1 Å². The third-order valence-electron chi connectivity index (χ3n) is 4.16. The third-order valence-corrected chi connectivity index (χ3v) is 4.65. The van der Waals surface area contributed by atoms with Gasteiger partial charge in [-0.15, -0.1) is 0 Å². The molecule has 0 saturated carbocycles. The van der Waals surface area contributed by atoms with Gasteiger partial charge >= 0.3 is 12.1 Å². The maximum atomic E-state index is 12.0. The Hall–Kier alpha value is -1.76. The monoisotopic (exact) mass is 445 g/mol. The van der Waals surface area contributed by atoms with Gasteiger partial charge in [-0.1, -0.05) is 53.7 Å². The molecule has 0 unspecified atom stereocenters. The van der Waals surface area contributed by atoms with Gasteiger partial charge in [-0.3, -0.25) is 4.79 Å². The lowest BCUT2D eigenvalue weighted by atomic mass is 10.1. The third kappa shape index (κ3) is 7.79. The minimum absolute atomic E-state index is 0.0694. The van der Waals surface area contributed by atoms with Gasteiger partial charge in [0.15, 0.2) is 0 Å². The van der Waals surface area contributed by atoms with Gasteiger partial charge in [0, 0.05) is 11.0 Å². The van der Waals surface area contributed by atoms with Gasteiger partial charge in [-0.25, -0.2) is 0 Å². The first-order valence-corrected chi connectivity index (χ1v) is 9.83. The summed E-state index contributed by atoms with van der Waals surface area (Å²) in [6.45, 7) is 0.712. The first-order valence-electron chi connectivity index (χ1n) is 9.03. The molecule has 1 N–H and O–H groups in total. The number of nitrogens with one attached hydrogen (secondary N) is 1. The number of carbonyl (C=O) groups is 1. The number of rotatable bonds is 10. The molecule has 3 nitrogen and oxygen atoms in total. The second-order valence-electron chi connectivity index (χ2n) is 6.38. The fourth-order valence-electron chi connectivity index (χ4n) is 2.71. The Kier molecular flexibility index (Phi) is 8.41. The summed E-state index contributed by atoms with van der Waals surface area (Å²) in [5, 5.41) is 4.17. The summed E-state index contributed by atoms with van der Waals surface area (Å²) < 4.78 is 42.8. The van der Waals surface area contributed by atoms with E-state index in [9.17, 15) is 18.0 Å². The average Bonchev–Trinajstić information content (AvgIpc) is 2.62. The number of hydrogen-bond acceptors (Lipinski definition) is 2. The summed E-state index contributed by atoms with van der Waals surface area (Å²) >= 11 is 3.46. The van der Waals surface area contributed by atoms with Crippen LogP contribution in [0.15, 0.2) is 40.9 Å². The second kappa shape index (κ2) is 10.5. The zero-order valence-electron chi connectivity index (χ0n) is 14.9. The van der Waals surface area contributed by atoms with E-state index in [2.05, 4.69) is 22.0 Å². The van der Waals surface area contributed by atoms with Crippen LogP contribution in [0.3, 0.4) is 0 Å². The Morgan fingerprint density at radius 1 is 0.926 bits per heavy atom. The minimum Gasteiger partial charge on any atom is -0.494 e. The highest BCUT2D eigenvalue weighted by atomic mass is 79.9. The van der Waals surface area contributed by atoms with Gasteiger partial charge in [-0.2, -0.15) is 13.2 Å². The highest BCUT2D eigenvalue weighted by Crippen LogP contribution is 2.24. The van der Waals surface area contributed by atoms with Gasteiger partial charge in [-0.05, 0) is 47.9 Å². The standard InChI is InChI=1S/C20H23BrF3NO2/c21-17-9-7-16-14-18(10-8-15(16)13-17)27-12-6-4-2-1-3-5-11-25-19(26)20(22,23)24/h7-10,13-14H,1-6,11-12H2,(H,25,26). The lowest BCUT2D eigenvalue weighted by Crippen LogP contribution is -2.37. The maximum absolute atomic E-state index is 12.0. The molecule has 7 heteroatoms. The molecule has 1 amide bonds.